The number of hydrogen-bond acceptors (Lipinski definition) is 3. The summed E-state index contributed by atoms with van der Waals surface area (Å²) in [6.45, 7) is 4.02. The third-order valence-corrected chi connectivity index (χ3v) is 4.33. The van der Waals surface area contributed by atoms with Crippen molar-refractivity contribution < 1.29 is 0 Å². The standard InChI is InChI=1S/C21H16N4/c1-14-8-10-17(11-9-14)20-18(12-22)13-23-21-19(15(2)24-25(20)21)16-6-4-3-5-7-16/h3-11,13H,1-2H3. The first kappa shape index (κ1) is 15.1. The smallest absolute Gasteiger partial charge is 0.163 e. The molecule has 0 bridgehead atoms. The first-order chi connectivity index (χ1) is 12.2. The highest BCUT2D eigenvalue weighted by Crippen LogP contribution is 2.31. The maximum atomic E-state index is 9.56. The van der Waals surface area contributed by atoms with Gasteiger partial charge in [0.25, 0.3) is 0 Å². The fourth-order valence-electron chi connectivity index (χ4n) is 3.10. The summed E-state index contributed by atoms with van der Waals surface area (Å²) in [6, 6.07) is 20.5. The number of benzene rings is 2. The molecule has 0 amide bonds. The van der Waals surface area contributed by atoms with E-state index in [9.17, 15) is 5.26 Å². The van der Waals surface area contributed by atoms with E-state index in [1.165, 1.54) is 5.56 Å². The van der Waals surface area contributed by atoms with E-state index in [0.29, 0.717) is 5.56 Å². The number of nitriles is 1. The summed E-state index contributed by atoms with van der Waals surface area (Å²) in [5, 5.41) is 14.3. The zero-order valence-electron chi connectivity index (χ0n) is 14.1. The molecule has 2 aromatic heterocycles. The van der Waals surface area contributed by atoms with Crippen LogP contribution in [0.3, 0.4) is 0 Å². The minimum absolute atomic E-state index is 0.512. The van der Waals surface area contributed by atoms with Gasteiger partial charge in [-0.2, -0.15) is 10.4 Å². The van der Waals surface area contributed by atoms with Crippen molar-refractivity contribution in [3.05, 3.63) is 77.6 Å². The molecule has 0 atom stereocenters. The van der Waals surface area contributed by atoms with E-state index < -0.39 is 0 Å². The Kier molecular flexibility index (Phi) is 3.55. The predicted octanol–water partition coefficient (Wildman–Crippen LogP) is 4.55. The average molecular weight is 324 g/mol. The maximum absolute atomic E-state index is 9.56. The van der Waals surface area contributed by atoms with Crippen LogP contribution in [0.15, 0.2) is 60.8 Å². The summed E-state index contributed by atoms with van der Waals surface area (Å²) in [7, 11) is 0. The van der Waals surface area contributed by atoms with E-state index in [0.717, 1.165) is 33.7 Å². The normalized spacial score (nSPS) is 10.8. The van der Waals surface area contributed by atoms with Crippen LogP contribution in [0.1, 0.15) is 16.8 Å². The van der Waals surface area contributed by atoms with Crippen LogP contribution in [0, 0.1) is 25.2 Å². The third-order valence-electron chi connectivity index (χ3n) is 4.33. The lowest BCUT2D eigenvalue weighted by Crippen LogP contribution is -2.00. The van der Waals surface area contributed by atoms with Crippen molar-refractivity contribution in [2.75, 3.05) is 0 Å². The number of fused-ring (bicyclic) bond motifs is 1. The van der Waals surface area contributed by atoms with E-state index in [4.69, 9.17) is 5.10 Å². The van der Waals surface area contributed by atoms with Gasteiger partial charge in [0.05, 0.1) is 17.0 Å². The molecule has 120 valence electrons. The van der Waals surface area contributed by atoms with Crippen LogP contribution < -0.4 is 0 Å². The van der Waals surface area contributed by atoms with Crippen LogP contribution in [0.4, 0.5) is 0 Å². The quantitative estimate of drug-likeness (QED) is 0.543. The summed E-state index contributed by atoms with van der Waals surface area (Å²) in [5.41, 5.74) is 7.14. The molecule has 0 saturated heterocycles. The maximum Gasteiger partial charge on any atom is 0.163 e. The van der Waals surface area contributed by atoms with E-state index in [-0.39, 0.29) is 0 Å². The minimum Gasteiger partial charge on any atom is -0.235 e. The molecule has 0 saturated carbocycles. The Morgan fingerprint density at radius 3 is 2.32 bits per heavy atom. The van der Waals surface area contributed by atoms with Crippen LogP contribution in [0.2, 0.25) is 0 Å². The fourth-order valence-corrected chi connectivity index (χ4v) is 3.10. The van der Waals surface area contributed by atoms with Crippen LogP contribution in [-0.4, -0.2) is 14.6 Å². The molecule has 2 aromatic carbocycles. The van der Waals surface area contributed by atoms with Crippen molar-refractivity contribution in [2.45, 2.75) is 13.8 Å². The van der Waals surface area contributed by atoms with Crippen molar-refractivity contribution in [3.8, 4) is 28.5 Å². The summed E-state index contributed by atoms with van der Waals surface area (Å²) in [4.78, 5) is 4.53. The lowest BCUT2D eigenvalue weighted by Gasteiger charge is -2.08. The number of aryl methyl sites for hydroxylation is 2. The van der Waals surface area contributed by atoms with E-state index in [2.05, 4.69) is 23.2 Å². The van der Waals surface area contributed by atoms with Crippen molar-refractivity contribution in [3.63, 3.8) is 0 Å². The highest BCUT2D eigenvalue weighted by Gasteiger charge is 2.18. The highest BCUT2D eigenvalue weighted by atomic mass is 15.3. The molecule has 0 aliphatic heterocycles. The molecule has 4 rings (SSSR count). The van der Waals surface area contributed by atoms with Gasteiger partial charge in [0, 0.05) is 17.3 Å². The van der Waals surface area contributed by atoms with Crippen LogP contribution in [-0.2, 0) is 0 Å². The van der Waals surface area contributed by atoms with Crippen molar-refractivity contribution in [2.24, 2.45) is 0 Å². The molecule has 4 heteroatoms. The van der Waals surface area contributed by atoms with Crippen LogP contribution in [0.5, 0.6) is 0 Å². The molecular weight excluding hydrogens is 308 g/mol. The molecule has 4 aromatic rings. The Balaban J connectivity index is 2.06. The number of nitrogens with zero attached hydrogens (tertiary/aromatic N) is 4. The van der Waals surface area contributed by atoms with Crippen LogP contribution >= 0.6 is 0 Å². The lowest BCUT2D eigenvalue weighted by atomic mass is 10.0. The lowest BCUT2D eigenvalue weighted by molar-refractivity contribution is 0.921. The zero-order valence-corrected chi connectivity index (χ0v) is 14.1. The zero-order chi connectivity index (χ0) is 17.4. The Hall–Kier alpha value is -3.45. The second-order valence-electron chi connectivity index (χ2n) is 6.06. The van der Waals surface area contributed by atoms with Crippen LogP contribution in [0.25, 0.3) is 28.0 Å². The fraction of sp³-hybridized carbons (Fsp3) is 0.0952. The molecular formula is C21H16N4. The van der Waals surface area contributed by atoms with Gasteiger partial charge in [-0.25, -0.2) is 9.50 Å². The predicted molar refractivity (Wildman–Crippen MR) is 98.0 cm³/mol. The van der Waals surface area contributed by atoms with Crippen molar-refractivity contribution >= 4 is 5.65 Å². The monoisotopic (exact) mass is 324 g/mol. The van der Waals surface area contributed by atoms with Gasteiger partial charge in [-0.05, 0) is 19.4 Å². The van der Waals surface area contributed by atoms with Gasteiger partial charge >= 0.3 is 0 Å². The summed E-state index contributed by atoms with van der Waals surface area (Å²) in [6.07, 6.45) is 1.64. The number of hydrogen-bond donors (Lipinski definition) is 0. The van der Waals surface area contributed by atoms with E-state index in [1.807, 2.05) is 56.3 Å². The van der Waals surface area contributed by atoms with Gasteiger partial charge in [-0.3, -0.25) is 0 Å². The number of aromatic nitrogens is 3. The van der Waals surface area contributed by atoms with Gasteiger partial charge in [0.2, 0.25) is 0 Å². The molecule has 0 spiro atoms. The minimum atomic E-state index is 0.512. The Bertz CT molecular complexity index is 1100. The molecule has 4 nitrogen and oxygen atoms in total. The second kappa shape index (κ2) is 5.88. The SMILES string of the molecule is Cc1ccc(-c2c(C#N)cnc3c(-c4ccccc4)c(C)nn23)cc1. The molecule has 0 fully saturated rings. The summed E-state index contributed by atoms with van der Waals surface area (Å²) in [5.74, 6) is 0. The molecule has 2 heterocycles. The summed E-state index contributed by atoms with van der Waals surface area (Å²) >= 11 is 0. The second-order valence-corrected chi connectivity index (χ2v) is 6.06. The van der Waals surface area contributed by atoms with Crippen molar-refractivity contribution in [1.29, 1.82) is 5.26 Å². The van der Waals surface area contributed by atoms with Gasteiger partial charge in [-0.1, -0.05) is 60.2 Å². The first-order valence-corrected chi connectivity index (χ1v) is 8.10. The molecule has 25 heavy (non-hydrogen) atoms. The van der Waals surface area contributed by atoms with Crippen molar-refractivity contribution in [1.82, 2.24) is 14.6 Å². The number of rotatable bonds is 2. The Morgan fingerprint density at radius 1 is 0.920 bits per heavy atom. The van der Waals surface area contributed by atoms with Gasteiger partial charge in [-0.15, -0.1) is 0 Å². The third kappa shape index (κ3) is 2.47. The molecule has 0 radical (unpaired) electrons. The molecule has 0 aliphatic carbocycles. The average Bonchev–Trinajstić information content (AvgIpc) is 2.98. The van der Waals surface area contributed by atoms with Gasteiger partial charge in [0.15, 0.2) is 5.65 Å². The summed E-state index contributed by atoms with van der Waals surface area (Å²) < 4.78 is 1.79. The largest absolute Gasteiger partial charge is 0.235 e. The van der Waals surface area contributed by atoms with Gasteiger partial charge in [0.1, 0.15) is 6.07 Å². The van der Waals surface area contributed by atoms with E-state index in [1.54, 1.807) is 10.7 Å². The highest BCUT2D eigenvalue weighted by molar-refractivity contribution is 5.82. The first-order valence-electron chi connectivity index (χ1n) is 8.10. The molecule has 0 aliphatic rings. The van der Waals surface area contributed by atoms with E-state index >= 15 is 0 Å². The topological polar surface area (TPSA) is 54.0 Å². The van der Waals surface area contributed by atoms with Gasteiger partial charge < -0.3 is 0 Å². The molecule has 0 N–H and O–H groups in total. The Labute approximate surface area is 146 Å². The molecule has 0 unspecified atom stereocenters. The Morgan fingerprint density at radius 2 is 1.64 bits per heavy atom.